The van der Waals surface area contributed by atoms with Gasteiger partial charge in [0.1, 0.15) is 5.75 Å². The summed E-state index contributed by atoms with van der Waals surface area (Å²) in [4.78, 5) is 16.9. The molecule has 3 nitrogen and oxygen atoms in total. The van der Waals surface area contributed by atoms with Crippen LogP contribution in [-0.4, -0.2) is 16.9 Å². The summed E-state index contributed by atoms with van der Waals surface area (Å²) in [7, 11) is 0. The zero-order valence-corrected chi connectivity index (χ0v) is 16.2. The summed E-state index contributed by atoms with van der Waals surface area (Å²) < 4.78 is 5.88. The smallest absolute Gasteiger partial charge is 0.163 e. The van der Waals surface area contributed by atoms with Crippen LogP contribution in [0.2, 0.25) is 0 Å². The van der Waals surface area contributed by atoms with Crippen LogP contribution < -0.4 is 4.74 Å². The molecule has 0 N–H and O–H groups in total. The molecular weight excluding hydrogens is 334 g/mol. The van der Waals surface area contributed by atoms with Crippen molar-refractivity contribution < 1.29 is 9.53 Å². The van der Waals surface area contributed by atoms with Crippen LogP contribution in [0.15, 0.2) is 48.8 Å². The molecule has 1 aliphatic rings. The predicted octanol–water partition coefficient (Wildman–Crippen LogP) is 5.98. The van der Waals surface area contributed by atoms with E-state index in [1.54, 1.807) is 6.20 Å². The number of aryl methyl sites for hydroxylation is 1. The van der Waals surface area contributed by atoms with Crippen LogP contribution in [0, 0.1) is 12.8 Å². The molecule has 4 rings (SSSR count). The normalized spacial score (nSPS) is 13.9. The van der Waals surface area contributed by atoms with Gasteiger partial charge in [0, 0.05) is 29.0 Å². The number of pyridine rings is 1. The monoisotopic (exact) mass is 359 g/mol. The highest BCUT2D eigenvalue weighted by molar-refractivity contribution is 5.98. The Morgan fingerprint density at radius 1 is 1.15 bits per heavy atom. The van der Waals surface area contributed by atoms with Crippen LogP contribution in [0.1, 0.15) is 49.0 Å². The minimum Gasteiger partial charge on any atom is -0.489 e. The molecule has 3 heteroatoms. The Hall–Kier alpha value is -2.68. The van der Waals surface area contributed by atoms with Crippen LogP contribution in [0.25, 0.3) is 21.9 Å². The first kappa shape index (κ1) is 17.7. The van der Waals surface area contributed by atoms with Crippen LogP contribution in [0.3, 0.4) is 0 Å². The molecule has 0 saturated heterocycles. The van der Waals surface area contributed by atoms with Gasteiger partial charge < -0.3 is 4.74 Å². The Morgan fingerprint density at radius 3 is 2.70 bits per heavy atom. The maximum absolute atomic E-state index is 12.5. The number of hydrogen-bond acceptors (Lipinski definition) is 3. The van der Waals surface area contributed by atoms with E-state index >= 15 is 0 Å². The summed E-state index contributed by atoms with van der Waals surface area (Å²) in [6.07, 6.45) is 6.81. The average Bonchev–Trinajstić information content (AvgIpc) is 3.45. The first-order chi connectivity index (χ1) is 13.0. The van der Waals surface area contributed by atoms with Gasteiger partial charge in [-0.05, 0) is 74.4 Å². The topological polar surface area (TPSA) is 39.2 Å². The van der Waals surface area contributed by atoms with Gasteiger partial charge >= 0.3 is 0 Å². The number of rotatable bonds is 6. The number of fused-ring (bicyclic) bond motifs is 1. The van der Waals surface area contributed by atoms with Gasteiger partial charge in [0.2, 0.25) is 0 Å². The van der Waals surface area contributed by atoms with Crippen molar-refractivity contribution in [2.75, 3.05) is 0 Å². The molecule has 27 heavy (non-hydrogen) atoms. The highest BCUT2D eigenvalue weighted by Gasteiger charge is 2.25. The SMILES string of the molecule is Cc1ccc(C(=O)CC2CC2)cc1-c1ccc2c(OC(C)C)cncc2c1. The summed E-state index contributed by atoms with van der Waals surface area (Å²) >= 11 is 0. The first-order valence-electron chi connectivity index (χ1n) is 9.70. The lowest BCUT2D eigenvalue weighted by molar-refractivity contribution is 0.0976. The lowest BCUT2D eigenvalue weighted by Crippen LogP contribution is -2.06. The minimum absolute atomic E-state index is 0.105. The van der Waals surface area contributed by atoms with Gasteiger partial charge in [0.15, 0.2) is 5.78 Å². The molecule has 0 unspecified atom stereocenters. The molecule has 1 aromatic heterocycles. The molecule has 3 aromatic rings. The summed E-state index contributed by atoms with van der Waals surface area (Å²) in [5.41, 5.74) is 4.19. The van der Waals surface area contributed by atoms with E-state index in [0.29, 0.717) is 12.3 Å². The van der Waals surface area contributed by atoms with Crippen molar-refractivity contribution >= 4 is 16.6 Å². The van der Waals surface area contributed by atoms with Crippen LogP contribution >= 0.6 is 0 Å². The second-order valence-corrected chi connectivity index (χ2v) is 7.84. The quantitative estimate of drug-likeness (QED) is 0.508. The van der Waals surface area contributed by atoms with E-state index < -0.39 is 0 Å². The van der Waals surface area contributed by atoms with Crippen LogP contribution in [0.4, 0.5) is 0 Å². The molecule has 1 aliphatic carbocycles. The summed E-state index contributed by atoms with van der Waals surface area (Å²) in [6.45, 7) is 6.12. The Bertz CT molecular complexity index is 1000. The van der Waals surface area contributed by atoms with E-state index in [2.05, 4.69) is 36.2 Å². The standard InChI is InChI=1S/C24H25NO2/c1-15(2)27-24-14-25-13-20-11-18(8-9-21(20)24)22-12-19(7-4-16(22)3)23(26)10-17-5-6-17/h4,7-9,11-15,17H,5-6,10H2,1-3H3. The molecule has 0 atom stereocenters. The van der Waals surface area contributed by atoms with Crippen LogP contribution in [-0.2, 0) is 0 Å². The number of carbonyl (C=O) groups is 1. The summed E-state index contributed by atoms with van der Waals surface area (Å²) in [5, 5.41) is 2.10. The third kappa shape index (κ3) is 3.87. The third-order valence-corrected chi connectivity index (χ3v) is 5.13. The van der Waals surface area contributed by atoms with E-state index in [0.717, 1.165) is 33.2 Å². The van der Waals surface area contributed by atoms with Gasteiger partial charge in [-0.2, -0.15) is 0 Å². The predicted molar refractivity (Wildman–Crippen MR) is 109 cm³/mol. The van der Waals surface area contributed by atoms with Crippen molar-refractivity contribution in [2.24, 2.45) is 5.92 Å². The molecule has 1 saturated carbocycles. The molecule has 0 spiro atoms. The third-order valence-electron chi connectivity index (χ3n) is 5.13. The van der Waals surface area contributed by atoms with Gasteiger partial charge in [-0.15, -0.1) is 0 Å². The Kier molecular flexibility index (Phi) is 4.69. The molecule has 1 heterocycles. The second kappa shape index (κ2) is 7.15. The van der Waals surface area contributed by atoms with E-state index in [-0.39, 0.29) is 11.9 Å². The largest absolute Gasteiger partial charge is 0.489 e. The van der Waals surface area contributed by atoms with Gasteiger partial charge in [0.05, 0.1) is 12.3 Å². The van der Waals surface area contributed by atoms with Crippen molar-refractivity contribution in [1.29, 1.82) is 0 Å². The fourth-order valence-corrected chi connectivity index (χ4v) is 3.47. The summed E-state index contributed by atoms with van der Waals surface area (Å²) in [6, 6.07) is 12.4. The minimum atomic E-state index is 0.105. The van der Waals surface area contributed by atoms with Crippen molar-refractivity contribution in [3.05, 3.63) is 59.9 Å². The number of ether oxygens (including phenoxy) is 1. The molecule has 0 aliphatic heterocycles. The maximum atomic E-state index is 12.5. The fraction of sp³-hybridized carbons (Fsp3) is 0.333. The molecule has 2 aromatic carbocycles. The van der Waals surface area contributed by atoms with Crippen molar-refractivity contribution in [2.45, 2.75) is 46.1 Å². The number of benzene rings is 2. The van der Waals surface area contributed by atoms with E-state index in [4.69, 9.17) is 4.74 Å². The van der Waals surface area contributed by atoms with Crippen molar-refractivity contribution in [3.63, 3.8) is 0 Å². The Labute approximate surface area is 160 Å². The number of hydrogen-bond donors (Lipinski definition) is 0. The lowest BCUT2D eigenvalue weighted by atomic mass is 9.94. The highest BCUT2D eigenvalue weighted by Crippen LogP contribution is 2.35. The van der Waals surface area contributed by atoms with Gasteiger partial charge in [0.25, 0.3) is 0 Å². The molecule has 0 radical (unpaired) electrons. The summed E-state index contributed by atoms with van der Waals surface area (Å²) in [5.74, 6) is 1.67. The number of Topliss-reactive ketones (excluding diaryl/α,β-unsaturated/α-hetero) is 1. The van der Waals surface area contributed by atoms with E-state index in [1.165, 1.54) is 18.4 Å². The van der Waals surface area contributed by atoms with E-state index in [1.807, 2.05) is 32.2 Å². The highest BCUT2D eigenvalue weighted by atomic mass is 16.5. The van der Waals surface area contributed by atoms with Crippen molar-refractivity contribution in [1.82, 2.24) is 4.98 Å². The van der Waals surface area contributed by atoms with Crippen molar-refractivity contribution in [3.8, 4) is 16.9 Å². The number of aromatic nitrogens is 1. The molecule has 1 fully saturated rings. The zero-order chi connectivity index (χ0) is 19.0. The fourth-order valence-electron chi connectivity index (χ4n) is 3.47. The number of ketones is 1. The van der Waals surface area contributed by atoms with Crippen LogP contribution in [0.5, 0.6) is 5.75 Å². The van der Waals surface area contributed by atoms with E-state index in [9.17, 15) is 4.79 Å². The Morgan fingerprint density at radius 2 is 1.96 bits per heavy atom. The number of nitrogens with zero attached hydrogens (tertiary/aromatic N) is 1. The zero-order valence-electron chi connectivity index (χ0n) is 16.2. The van der Waals surface area contributed by atoms with Gasteiger partial charge in [-0.3, -0.25) is 9.78 Å². The average molecular weight is 359 g/mol. The lowest BCUT2D eigenvalue weighted by Gasteiger charge is -2.13. The number of carbonyl (C=O) groups excluding carboxylic acids is 1. The maximum Gasteiger partial charge on any atom is 0.163 e. The Balaban J connectivity index is 1.72. The van der Waals surface area contributed by atoms with Gasteiger partial charge in [-0.1, -0.05) is 18.2 Å². The molecular formula is C24H25NO2. The molecule has 138 valence electrons. The van der Waals surface area contributed by atoms with Gasteiger partial charge in [-0.25, -0.2) is 0 Å². The second-order valence-electron chi connectivity index (χ2n) is 7.84. The first-order valence-corrected chi connectivity index (χ1v) is 9.70. The molecule has 0 amide bonds. The molecule has 0 bridgehead atoms.